The number of carbonyl (C=O) groups excluding carboxylic acids is 2. The molecule has 36 heavy (non-hydrogen) atoms. The molecule has 0 spiro atoms. The van der Waals surface area contributed by atoms with E-state index in [0.717, 1.165) is 12.1 Å². The Morgan fingerprint density at radius 1 is 1.00 bits per heavy atom. The van der Waals surface area contributed by atoms with E-state index in [1.165, 1.54) is 24.3 Å². The monoisotopic (exact) mass is 587 g/mol. The van der Waals surface area contributed by atoms with Gasteiger partial charge in [-0.3, -0.25) is 9.59 Å². The van der Waals surface area contributed by atoms with Crippen molar-refractivity contribution in [3.63, 3.8) is 0 Å². The highest BCUT2D eigenvalue weighted by Crippen LogP contribution is 2.65. The SMILES string of the molecule is C=Cc1cc(CC(=O)c2cc(NC(=O)C3C(c4cc(Cl)cc(Cl)c4)C3(Cl)Cl)ccc2Cl)cc(F)c1F. The average Bonchev–Trinajstić information content (AvgIpc) is 3.38. The van der Waals surface area contributed by atoms with Crippen molar-refractivity contribution in [2.45, 2.75) is 16.7 Å². The van der Waals surface area contributed by atoms with Gasteiger partial charge in [-0.2, -0.15) is 0 Å². The summed E-state index contributed by atoms with van der Waals surface area (Å²) < 4.78 is 26.2. The van der Waals surface area contributed by atoms with Gasteiger partial charge in [-0.15, -0.1) is 23.2 Å². The van der Waals surface area contributed by atoms with Crippen LogP contribution in [-0.4, -0.2) is 16.0 Å². The van der Waals surface area contributed by atoms with E-state index in [1.54, 1.807) is 18.2 Å². The first kappa shape index (κ1) is 26.9. The Labute approximate surface area is 230 Å². The number of anilines is 1. The van der Waals surface area contributed by atoms with Crippen LogP contribution in [0.1, 0.15) is 33.0 Å². The van der Waals surface area contributed by atoms with E-state index >= 15 is 0 Å². The van der Waals surface area contributed by atoms with Crippen LogP contribution in [0.4, 0.5) is 14.5 Å². The summed E-state index contributed by atoms with van der Waals surface area (Å²) in [5.41, 5.74) is 1.18. The summed E-state index contributed by atoms with van der Waals surface area (Å²) in [6, 6.07) is 11.5. The molecule has 1 aliphatic carbocycles. The number of ketones is 1. The third-order valence-electron chi connectivity index (χ3n) is 5.82. The zero-order valence-electron chi connectivity index (χ0n) is 18.2. The first-order chi connectivity index (χ1) is 16.9. The molecule has 0 saturated heterocycles. The van der Waals surface area contributed by atoms with Crippen molar-refractivity contribution in [1.82, 2.24) is 0 Å². The number of Topliss-reactive ketones (excluding diaryl/α,β-unsaturated/α-hetero) is 1. The number of amides is 1. The fourth-order valence-corrected chi connectivity index (χ4v) is 5.65. The summed E-state index contributed by atoms with van der Waals surface area (Å²) in [4.78, 5) is 25.9. The van der Waals surface area contributed by atoms with Crippen LogP contribution in [0.2, 0.25) is 15.1 Å². The van der Waals surface area contributed by atoms with Gasteiger partial charge in [0.25, 0.3) is 0 Å². The topological polar surface area (TPSA) is 46.2 Å². The zero-order chi connectivity index (χ0) is 26.4. The summed E-state index contributed by atoms with van der Waals surface area (Å²) >= 11 is 31.1. The number of hydrogen-bond acceptors (Lipinski definition) is 2. The van der Waals surface area contributed by atoms with Crippen molar-refractivity contribution in [2.24, 2.45) is 5.92 Å². The normalized spacial score (nSPS) is 18.0. The number of halogens is 7. The van der Waals surface area contributed by atoms with E-state index in [2.05, 4.69) is 11.9 Å². The smallest absolute Gasteiger partial charge is 0.231 e. The average molecular weight is 590 g/mol. The number of rotatable bonds is 7. The summed E-state index contributed by atoms with van der Waals surface area (Å²) in [7, 11) is 0. The second kappa shape index (κ2) is 10.3. The molecule has 1 saturated carbocycles. The van der Waals surface area contributed by atoms with Gasteiger partial charge in [0.2, 0.25) is 5.91 Å². The maximum Gasteiger partial charge on any atom is 0.231 e. The Morgan fingerprint density at radius 2 is 1.67 bits per heavy atom. The van der Waals surface area contributed by atoms with Crippen LogP contribution in [-0.2, 0) is 11.2 Å². The number of benzene rings is 3. The number of alkyl halides is 2. The van der Waals surface area contributed by atoms with E-state index in [1.807, 2.05) is 0 Å². The standard InChI is InChI=1S/C26H16Cl5F2NO2/c1-2-13-5-12(6-20(32)24(13)33)7-21(35)18-11-17(3-4-19(18)29)34-25(36)23-22(26(23,30)31)14-8-15(27)10-16(28)9-14/h2-6,8-11,22-23H,1,7H2,(H,34,36). The van der Waals surface area contributed by atoms with Crippen molar-refractivity contribution in [3.8, 4) is 0 Å². The maximum atomic E-state index is 13.9. The first-order valence-electron chi connectivity index (χ1n) is 10.5. The Hall–Kier alpha value is -2.15. The van der Waals surface area contributed by atoms with Gasteiger partial charge >= 0.3 is 0 Å². The zero-order valence-corrected chi connectivity index (χ0v) is 22.0. The molecule has 0 radical (unpaired) electrons. The third-order valence-corrected chi connectivity index (χ3v) is 7.52. The Morgan fingerprint density at radius 3 is 2.31 bits per heavy atom. The van der Waals surface area contributed by atoms with Crippen molar-refractivity contribution in [1.29, 1.82) is 0 Å². The molecule has 1 fully saturated rings. The van der Waals surface area contributed by atoms with Crippen LogP contribution in [0, 0.1) is 17.6 Å². The lowest BCUT2D eigenvalue weighted by atomic mass is 10.00. The highest BCUT2D eigenvalue weighted by molar-refractivity contribution is 6.53. The molecule has 10 heteroatoms. The van der Waals surface area contributed by atoms with Gasteiger partial charge in [-0.25, -0.2) is 8.78 Å². The van der Waals surface area contributed by atoms with Gasteiger partial charge in [0.15, 0.2) is 17.4 Å². The Bertz CT molecular complexity index is 1390. The van der Waals surface area contributed by atoms with E-state index < -0.39 is 39.5 Å². The number of hydrogen-bond donors (Lipinski definition) is 1. The number of carbonyl (C=O) groups is 2. The molecule has 2 atom stereocenters. The van der Waals surface area contributed by atoms with E-state index in [4.69, 9.17) is 58.0 Å². The molecule has 3 aromatic rings. The fourth-order valence-electron chi connectivity index (χ4n) is 4.06. The minimum absolute atomic E-state index is 0.0597. The lowest BCUT2D eigenvalue weighted by molar-refractivity contribution is -0.117. The molecule has 0 heterocycles. The van der Waals surface area contributed by atoms with E-state index in [0.29, 0.717) is 15.6 Å². The molecule has 186 valence electrons. The summed E-state index contributed by atoms with van der Waals surface area (Å²) in [5, 5.41) is 3.60. The van der Waals surface area contributed by atoms with Gasteiger partial charge in [0.05, 0.1) is 10.9 Å². The van der Waals surface area contributed by atoms with Crippen LogP contribution in [0.25, 0.3) is 6.08 Å². The Balaban J connectivity index is 1.52. The molecule has 4 rings (SSSR count). The first-order valence-corrected chi connectivity index (χ1v) is 12.4. The predicted octanol–water partition coefficient (Wildman–Crippen LogP) is 8.52. The second-order valence-electron chi connectivity index (χ2n) is 8.30. The molecule has 1 N–H and O–H groups in total. The molecule has 3 nitrogen and oxygen atoms in total. The lowest BCUT2D eigenvalue weighted by Crippen LogP contribution is -2.17. The van der Waals surface area contributed by atoms with Gasteiger partial charge in [0.1, 0.15) is 4.33 Å². The molecule has 0 bridgehead atoms. The number of nitrogens with one attached hydrogen (secondary N) is 1. The molecular weight excluding hydrogens is 574 g/mol. The molecule has 1 aliphatic rings. The second-order valence-corrected chi connectivity index (χ2v) is 11.0. The third kappa shape index (κ3) is 5.41. The van der Waals surface area contributed by atoms with Gasteiger partial charge < -0.3 is 5.32 Å². The van der Waals surface area contributed by atoms with Gasteiger partial charge in [-0.1, -0.05) is 47.5 Å². The van der Waals surface area contributed by atoms with E-state index in [9.17, 15) is 18.4 Å². The fraction of sp³-hybridized carbons (Fsp3) is 0.154. The Kier molecular flexibility index (Phi) is 7.70. The minimum Gasteiger partial charge on any atom is -0.326 e. The van der Waals surface area contributed by atoms with Crippen LogP contribution in [0.15, 0.2) is 55.1 Å². The summed E-state index contributed by atoms with van der Waals surface area (Å²) in [6.45, 7) is 3.44. The highest BCUT2D eigenvalue weighted by atomic mass is 35.5. The molecule has 2 unspecified atom stereocenters. The quantitative estimate of drug-likeness (QED) is 0.222. The van der Waals surface area contributed by atoms with Gasteiger partial charge in [-0.05, 0) is 59.7 Å². The summed E-state index contributed by atoms with van der Waals surface area (Å²) in [5.74, 6) is -4.41. The summed E-state index contributed by atoms with van der Waals surface area (Å²) in [6.07, 6.45) is 0.910. The molecular formula is C26H16Cl5F2NO2. The van der Waals surface area contributed by atoms with Crippen LogP contribution in [0.5, 0.6) is 0 Å². The molecule has 1 amide bonds. The van der Waals surface area contributed by atoms with Crippen LogP contribution >= 0.6 is 58.0 Å². The van der Waals surface area contributed by atoms with Crippen LogP contribution in [0.3, 0.4) is 0 Å². The van der Waals surface area contributed by atoms with Gasteiger partial charge in [0, 0.05) is 39.2 Å². The van der Waals surface area contributed by atoms with Crippen molar-refractivity contribution < 1.29 is 18.4 Å². The highest BCUT2D eigenvalue weighted by Gasteiger charge is 2.67. The molecule has 0 aliphatic heterocycles. The van der Waals surface area contributed by atoms with E-state index in [-0.39, 0.29) is 33.8 Å². The van der Waals surface area contributed by atoms with Crippen molar-refractivity contribution in [3.05, 3.63) is 104 Å². The van der Waals surface area contributed by atoms with Crippen molar-refractivity contribution >= 4 is 81.5 Å². The molecule has 3 aromatic carbocycles. The minimum atomic E-state index is -1.38. The maximum absolute atomic E-state index is 13.9. The van der Waals surface area contributed by atoms with Crippen LogP contribution < -0.4 is 5.32 Å². The van der Waals surface area contributed by atoms with Crippen molar-refractivity contribution in [2.75, 3.05) is 5.32 Å². The molecule has 0 aromatic heterocycles. The lowest BCUT2D eigenvalue weighted by Gasteiger charge is -2.10. The largest absolute Gasteiger partial charge is 0.326 e. The predicted molar refractivity (Wildman–Crippen MR) is 142 cm³/mol.